The van der Waals surface area contributed by atoms with Crippen LogP contribution in [-0.2, 0) is 0 Å². The number of halogens is 2. The molecule has 0 aliphatic carbocycles. The van der Waals surface area contributed by atoms with Gasteiger partial charge in [-0.05, 0) is 23.6 Å². The molecule has 0 unspecified atom stereocenters. The van der Waals surface area contributed by atoms with Crippen molar-refractivity contribution in [2.75, 3.05) is 6.54 Å². The fourth-order valence-corrected chi connectivity index (χ4v) is 2.87. The molecule has 0 saturated carbocycles. The zero-order valence-corrected chi connectivity index (χ0v) is 12.8. The SMILES string of the molecule is C=CCN1C(=O)c2cccc3c(Br)ccc(c23)C1=O.Cl. The van der Waals surface area contributed by atoms with E-state index in [1.165, 1.54) is 4.90 Å². The smallest absolute Gasteiger partial charge is 0.261 e. The van der Waals surface area contributed by atoms with Crippen molar-refractivity contribution in [2.24, 2.45) is 0 Å². The van der Waals surface area contributed by atoms with Gasteiger partial charge in [-0.25, -0.2) is 0 Å². The highest BCUT2D eigenvalue weighted by molar-refractivity contribution is 9.10. The fraction of sp³-hybridized carbons (Fsp3) is 0.0667. The van der Waals surface area contributed by atoms with E-state index in [-0.39, 0.29) is 30.8 Å². The van der Waals surface area contributed by atoms with E-state index in [4.69, 9.17) is 0 Å². The van der Waals surface area contributed by atoms with Gasteiger partial charge in [-0.1, -0.05) is 34.1 Å². The van der Waals surface area contributed by atoms with E-state index in [1.807, 2.05) is 18.2 Å². The molecule has 1 aliphatic rings. The first kappa shape index (κ1) is 14.8. The molecule has 0 radical (unpaired) electrons. The van der Waals surface area contributed by atoms with E-state index in [0.717, 1.165) is 15.2 Å². The standard InChI is InChI=1S/C15H10BrNO2.ClH/c1-2-8-17-14(18)10-5-3-4-9-12(16)7-6-11(13(9)10)15(17)19;/h2-7H,1,8H2;1H. The second-order valence-corrected chi connectivity index (χ2v) is 5.19. The van der Waals surface area contributed by atoms with E-state index < -0.39 is 0 Å². The molecule has 3 nitrogen and oxygen atoms in total. The summed E-state index contributed by atoms with van der Waals surface area (Å²) >= 11 is 3.45. The second kappa shape index (κ2) is 5.38. The van der Waals surface area contributed by atoms with Crippen molar-refractivity contribution in [3.05, 3.63) is 58.6 Å². The van der Waals surface area contributed by atoms with Crippen LogP contribution < -0.4 is 0 Å². The molecule has 20 heavy (non-hydrogen) atoms. The third-order valence-electron chi connectivity index (χ3n) is 3.25. The quantitative estimate of drug-likeness (QED) is 0.609. The molecule has 0 N–H and O–H groups in total. The third kappa shape index (κ3) is 1.96. The number of benzene rings is 2. The number of amides is 2. The van der Waals surface area contributed by atoms with E-state index in [0.29, 0.717) is 11.1 Å². The van der Waals surface area contributed by atoms with Gasteiger partial charge in [-0.15, -0.1) is 19.0 Å². The van der Waals surface area contributed by atoms with E-state index in [9.17, 15) is 9.59 Å². The van der Waals surface area contributed by atoms with Crippen molar-refractivity contribution < 1.29 is 9.59 Å². The molecule has 5 heteroatoms. The van der Waals surface area contributed by atoms with Crippen LogP contribution in [0.4, 0.5) is 0 Å². The van der Waals surface area contributed by atoms with Gasteiger partial charge in [0.25, 0.3) is 11.8 Å². The Kier molecular flexibility index (Phi) is 3.97. The number of imide groups is 1. The lowest BCUT2D eigenvalue weighted by atomic mass is 9.94. The van der Waals surface area contributed by atoms with E-state index in [1.54, 1.807) is 18.2 Å². The van der Waals surface area contributed by atoms with Crippen LogP contribution in [0, 0.1) is 0 Å². The average molecular weight is 353 g/mol. The molecular formula is C15H11BrClNO2. The summed E-state index contributed by atoms with van der Waals surface area (Å²) in [6, 6.07) is 9.06. The predicted octanol–water partition coefficient (Wildman–Crippen LogP) is 3.81. The highest BCUT2D eigenvalue weighted by Crippen LogP contribution is 2.34. The Hall–Kier alpha value is -1.65. The predicted molar refractivity (Wildman–Crippen MR) is 84.5 cm³/mol. The van der Waals surface area contributed by atoms with Crippen LogP contribution in [0.25, 0.3) is 10.8 Å². The van der Waals surface area contributed by atoms with Crippen LogP contribution in [0.2, 0.25) is 0 Å². The fourth-order valence-electron chi connectivity index (χ4n) is 2.41. The number of nitrogens with zero attached hydrogens (tertiary/aromatic N) is 1. The van der Waals surface area contributed by atoms with Gasteiger partial charge in [-0.2, -0.15) is 0 Å². The highest BCUT2D eigenvalue weighted by atomic mass is 79.9. The number of rotatable bonds is 2. The summed E-state index contributed by atoms with van der Waals surface area (Å²) < 4.78 is 0.880. The first-order chi connectivity index (χ1) is 9.15. The number of hydrogen-bond donors (Lipinski definition) is 0. The Morgan fingerprint density at radius 1 is 1.10 bits per heavy atom. The molecule has 1 heterocycles. The minimum atomic E-state index is -0.263. The Morgan fingerprint density at radius 2 is 1.75 bits per heavy atom. The maximum atomic E-state index is 12.4. The summed E-state index contributed by atoms with van der Waals surface area (Å²) in [7, 11) is 0. The molecule has 0 atom stereocenters. The van der Waals surface area contributed by atoms with Gasteiger partial charge in [0.15, 0.2) is 0 Å². The van der Waals surface area contributed by atoms with Crippen molar-refractivity contribution >= 4 is 50.9 Å². The zero-order valence-electron chi connectivity index (χ0n) is 10.4. The van der Waals surface area contributed by atoms with Gasteiger partial charge in [0.1, 0.15) is 0 Å². The van der Waals surface area contributed by atoms with Crippen LogP contribution in [0.5, 0.6) is 0 Å². The normalized spacial score (nSPS) is 13.3. The molecular weight excluding hydrogens is 342 g/mol. The van der Waals surface area contributed by atoms with Crippen LogP contribution in [0.15, 0.2) is 47.5 Å². The van der Waals surface area contributed by atoms with Crippen LogP contribution >= 0.6 is 28.3 Å². The Balaban J connectivity index is 0.00000147. The second-order valence-electron chi connectivity index (χ2n) is 4.33. The van der Waals surface area contributed by atoms with Crippen molar-refractivity contribution in [3.63, 3.8) is 0 Å². The molecule has 2 aromatic rings. The first-order valence-corrected chi connectivity index (χ1v) is 6.62. The van der Waals surface area contributed by atoms with Crippen LogP contribution in [0.3, 0.4) is 0 Å². The summed E-state index contributed by atoms with van der Waals surface area (Å²) in [5.74, 6) is -0.526. The minimum Gasteiger partial charge on any atom is -0.270 e. The van der Waals surface area contributed by atoms with Crippen molar-refractivity contribution in [2.45, 2.75) is 0 Å². The summed E-state index contributed by atoms with van der Waals surface area (Å²) in [5.41, 5.74) is 1.13. The summed E-state index contributed by atoms with van der Waals surface area (Å²) in [5, 5.41) is 1.61. The van der Waals surface area contributed by atoms with Crippen LogP contribution in [-0.4, -0.2) is 23.3 Å². The molecule has 2 aromatic carbocycles. The van der Waals surface area contributed by atoms with Crippen molar-refractivity contribution in [3.8, 4) is 0 Å². The largest absolute Gasteiger partial charge is 0.270 e. The highest BCUT2D eigenvalue weighted by Gasteiger charge is 2.32. The lowest BCUT2D eigenvalue weighted by Gasteiger charge is -2.26. The zero-order chi connectivity index (χ0) is 13.6. The van der Waals surface area contributed by atoms with Gasteiger partial charge in [0.2, 0.25) is 0 Å². The maximum absolute atomic E-state index is 12.4. The molecule has 0 aromatic heterocycles. The summed E-state index contributed by atoms with van der Waals surface area (Å²) in [4.78, 5) is 25.9. The minimum absolute atomic E-state index is 0. The molecule has 1 aliphatic heterocycles. The van der Waals surface area contributed by atoms with Crippen LogP contribution in [0.1, 0.15) is 20.7 Å². The lowest BCUT2D eigenvalue weighted by molar-refractivity contribution is 0.0629. The van der Waals surface area contributed by atoms with Gasteiger partial charge in [0, 0.05) is 27.5 Å². The van der Waals surface area contributed by atoms with E-state index >= 15 is 0 Å². The molecule has 3 rings (SSSR count). The Morgan fingerprint density at radius 3 is 2.40 bits per heavy atom. The van der Waals surface area contributed by atoms with Gasteiger partial charge in [-0.3, -0.25) is 14.5 Å². The molecule has 0 fully saturated rings. The first-order valence-electron chi connectivity index (χ1n) is 5.83. The summed E-state index contributed by atoms with van der Waals surface area (Å²) in [6.07, 6.45) is 1.56. The number of carbonyl (C=O) groups excluding carboxylic acids is 2. The topological polar surface area (TPSA) is 37.4 Å². The Labute approximate surface area is 130 Å². The molecule has 0 saturated heterocycles. The molecule has 0 spiro atoms. The molecule has 0 bridgehead atoms. The molecule has 2 amide bonds. The number of carbonyl (C=O) groups is 2. The molecule has 102 valence electrons. The van der Waals surface area contributed by atoms with E-state index in [2.05, 4.69) is 22.5 Å². The third-order valence-corrected chi connectivity index (χ3v) is 3.94. The van der Waals surface area contributed by atoms with Crippen molar-refractivity contribution in [1.82, 2.24) is 4.90 Å². The van der Waals surface area contributed by atoms with Gasteiger partial charge in [0.05, 0.1) is 0 Å². The average Bonchev–Trinajstić information content (AvgIpc) is 2.42. The summed E-state index contributed by atoms with van der Waals surface area (Å²) in [6.45, 7) is 3.81. The van der Waals surface area contributed by atoms with Gasteiger partial charge >= 0.3 is 0 Å². The monoisotopic (exact) mass is 351 g/mol. The maximum Gasteiger partial charge on any atom is 0.261 e. The van der Waals surface area contributed by atoms with Gasteiger partial charge < -0.3 is 0 Å². The Bertz CT molecular complexity index is 720. The van der Waals surface area contributed by atoms with Crippen molar-refractivity contribution in [1.29, 1.82) is 0 Å². The lowest BCUT2D eigenvalue weighted by Crippen LogP contribution is -2.40. The number of hydrogen-bond acceptors (Lipinski definition) is 2.